The number of benzene rings is 1. The lowest BCUT2D eigenvalue weighted by molar-refractivity contribution is 0.677. The van der Waals surface area contributed by atoms with E-state index in [1.807, 2.05) is 23.3 Å². The van der Waals surface area contributed by atoms with E-state index in [2.05, 4.69) is 47.7 Å². The van der Waals surface area contributed by atoms with Gasteiger partial charge in [-0.1, -0.05) is 15.9 Å². The van der Waals surface area contributed by atoms with Gasteiger partial charge in [-0.25, -0.2) is 14.6 Å². The second-order valence-corrected chi connectivity index (χ2v) is 5.07. The Morgan fingerprint density at radius 1 is 1.28 bits per heavy atom. The highest BCUT2D eigenvalue weighted by atomic mass is 79.9. The molecule has 0 spiro atoms. The average Bonchev–Trinajstić information content (AvgIpc) is 2.97. The van der Waals surface area contributed by atoms with Crippen LogP contribution in [0.25, 0.3) is 17.1 Å². The van der Waals surface area contributed by atoms with Gasteiger partial charge in [0.25, 0.3) is 0 Å². The Hall–Kier alpha value is -1.95. The summed E-state index contributed by atoms with van der Waals surface area (Å²) in [4.78, 5) is 8.57. The van der Waals surface area contributed by atoms with E-state index in [1.165, 1.54) is 0 Å². The van der Waals surface area contributed by atoms with Crippen LogP contribution in [0.15, 0.2) is 41.5 Å². The number of halogens is 1. The maximum atomic E-state index is 4.35. The van der Waals surface area contributed by atoms with Crippen molar-refractivity contribution in [2.75, 3.05) is 0 Å². The first kappa shape index (κ1) is 10.0. The fraction of sp³-hybridized carbons (Fsp3) is 0.0833. The first-order valence-electron chi connectivity index (χ1n) is 5.52. The van der Waals surface area contributed by atoms with E-state index in [0.29, 0.717) is 6.54 Å². The van der Waals surface area contributed by atoms with Gasteiger partial charge in [0, 0.05) is 10.0 Å². The molecule has 0 atom stereocenters. The van der Waals surface area contributed by atoms with E-state index in [1.54, 1.807) is 6.33 Å². The van der Waals surface area contributed by atoms with Crippen LogP contribution in [0.2, 0.25) is 0 Å². The molecule has 1 aliphatic heterocycles. The Labute approximate surface area is 111 Å². The number of aromatic nitrogens is 5. The van der Waals surface area contributed by atoms with Gasteiger partial charge in [-0.05, 0) is 18.2 Å². The van der Waals surface area contributed by atoms with Crippen LogP contribution in [0, 0.1) is 0 Å². The van der Waals surface area contributed by atoms with Crippen molar-refractivity contribution < 1.29 is 0 Å². The van der Waals surface area contributed by atoms with Crippen LogP contribution in [0.1, 0.15) is 5.69 Å². The normalized spacial score (nSPS) is 12.5. The molecule has 6 heteroatoms. The van der Waals surface area contributed by atoms with Gasteiger partial charge in [0.2, 0.25) is 0 Å². The second kappa shape index (κ2) is 3.52. The lowest BCUT2D eigenvalue weighted by Gasteiger charge is -2.08. The third kappa shape index (κ3) is 1.29. The van der Waals surface area contributed by atoms with Crippen molar-refractivity contribution in [3.8, 4) is 17.1 Å². The molecule has 0 aliphatic carbocycles. The average molecular weight is 302 g/mol. The monoisotopic (exact) mass is 301 g/mol. The summed E-state index contributed by atoms with van der Waals surface area (Å²) in [5.74, 6) is 0.890. The van der Waals surface area contributed by atoms with Crippen LogP contribution in [-0.4, -0.2) is 24.3 Å². The Bertz CT molecular complexity index is 743. The Kier molecular flexibility index (Phi) is 1.96. The van der Waals surface area contributed by atoms with Crippen molar-refractivity contribution in [1.29, 1.82) is 0 Å². The lowest BCUT2D eigenvalue weighted by Crippen LogP contribution is -2.03. The maximum Gasteiger partial charge on any atom is 0.160 e. The smallest absolute Gasteiger partial charge is 0.160 e. The van der Waals surface area contributed by atoms with Crippen LogP contribution >= 0.6 is 15.9 Å². The summed E-state index contributed by atoms with van der Waals surface area (Å²) in [7, 11) is 0. The molecule has 88 valence electrons. The van der Waals surface area contributed by atoms with Gasteiger partial charge in [0.05, 0.1) is 30.5 Å². The zero-order valence-corrected chi connectivity index (χ0v) is 10.9. The van der Waals surface area contributed by atoms with Gasteiger partial charge in [-0.2, -0.15) is 5.10 Å². The van der Waals surface area contributed by atoms with Crippen LogP contribution in [0.5, 0.6) is 0 Å². The van der Waals surface area contributed by atoms with E-state index in [9.17, 15) is 0 Å². The Morgan fingerprint density at radius 2 is 2.22 bits per heavy atom. The van der Waals surface area contributed by atoms with Crippen LogP contribution in [0.4, 0.5) is 0 Å². The fourth-order valence-electron chi connectivity index (χ4n) is 2.29. The molecule has 2 aromatic heterocycles. The minimum Gasteiger partial charge on any atom is -0.301 e. The maximum absolute atomic E-state index is 4.35. The predicted molar refractivity (Wildman–Crippen MR) is 69.4 cm³/mol. The topological polar surface area (TPSA) is 48.5 Å². The lowest BCUT2D eigenvalue weighted by atomic mass is 10.1. The van der Waals surface area contributed by atoms with Crippen molar-refractivity contribution in [3.05, 3.63) is 47.2 Å². The largest absolute Gasteiger partial charge is 0.301 e. The van der Waals surface area contributed by atoms with Crippen LogP contribution < -0.4 is 0 Å². The summed E-state index contributed by atoms with van der Waals surface area (Å²) in [6, 6.07) is 6.14. The number of nitrogens with zero attached hydrogens (tertiary/aromatic N) is 5. The fourth-order valence-corrected chi connectivity index (χ4v) is 2.64. The molecular formula is C12H8BrN5. The van der Waals surface area contributed by atoms with E-state index in [-0.39, 0.29) is 0 Å². The standard InChI is InChI=1S/C12H8BrN5/c13-8-1-2-10-11(3-8)17-7-14-4-9(17)5-18-12(10)15-6-16-18/h1-4,6-7H,5H2. The molecule has 0 radical (unpaired) electrons. The SMILES string of the molecule is Brc1ccc2c(c1)-n1cncc1Cn1ncnc1-2. The molecule has 0 fully saturated rings. The van der Waals surface area contributed by atoms with Crippen LogP contribution in [-0.2, 0) is 6.54 Å². The van der Waals surface area contributed by atoms with E-state index in [4.69, 9.17) is 0 Å². The first-order chi connectivity index (χ1) is 8.83. The summed E-state index contributed by atoms with van der Waals surface area (Å²) < 4.78 is 5.01. The highest BCUT2D eigenvalue weighted by Gasteiger charge is 2.20. The quantitative estimate of drug-likeness (QED) is 0.500. The zero-order chi connectivity index (χ0) is 12.1. The molecule has 18 heavy (non-hydrogen) atoms. The predicted octanol–water partition coefficient (Wildman–Crippen LogP) is 2.25. The minimum absolute atomic E-state index is 0.682. The molecule has 5 nitrogen and oxygen atoms in total. The number of imidazole rings is 1. The number of rotatable bonds is 0. The molecule has 4 rings (SSSR count). The molecule has 0 saturated carbocycles. The molecule has 1 aliphatic rings. The van der Waals surface area contributed by atoms with Gasteiger partial charge in [-0.15, -0.1) is 0 Å². The first-order valence-corrected chi connectivity index (χ1v) is 6.31. The van der Waals surface area contributed by atoms with E-state index < -0.39 is 0 Å². The molecule has 0 N–H and O–H groups in total. The van der Waals surface area contributed by atoms with Crippen molar-refractivity contribution in [3.63, 3.8) is 0 Å². The van der Waals surface area contributed by atoms with Gasteiger partial charge < -0.3 is 4.57 Å². The van der Waals surface area contributed by atoms with Gasteiger partial charge in [0.1, 0.15) is 6.33 Å². The molecule has 3 heterocycles. The number of hydrogen-bond acceptors (Lipinski definition) is 3. The molecule has 3 aromatic rings. The Balaban J connectivity index is 2.13. The molecule has 0 bridgehead atoms. The van der Waals surface area contributed by atoms with E-state index in [0.717, 1.165) is 27.2 Å². The van der Waals surface area contributed by atoms with Crippen molar-refractivity contribution in [2.45, 2.75) is 6.54 Å². The molecule has 1 aromatic carbocycles. The summed E-state index contributed by atoms with van der Waals surface area (Å²) in [5, 5.41) is 4.27. The second-order valence-electron chi connectivity index (χ2n) is 4.16. The number of fused-ring (bicyclic) bond motifs is 5. The third-order valence-electron chi connectivity index (χ3n) is 3.10. The van der Waals surface area contributed by atoms with Crippen molar-refractivity contribution in [1.82, 2.24) is 24.3 Å². The highest BCUT2D eigenvalue weighted by Crippen LogP contribution is 2.31. The highest BCUT2D eigenvalue weighted by molar-refractivity contribution is 9.10. The summed E-state index contributed by atoms with van der Waals surface area (Å²) in [5.41, 5.74) is 3.23. The van der Waals surface area contributed by atoms with Gasteiger partial charge >= 0.3 is 0 Å². The molecule has 0 unspecified atom stereocenters. The van der Waals surface area contributed by atoms with E-state index >= 15 is 0 Å². The third-order valence-corrected chi connectivity index (χ3v) is 3.60. The summed E-state index contributed by atoms with van der Waals surface area (Å²) in [6.45, 7) is 0.682. The summed E-state index contributed by atoms with van der Waals surface area (Å²) >= 11 is 3.51. The van der Waals surface area contributed by atoms with Gasteiger partial charge in [0.15, 0.2) is 5.82 Å². The molecule has 0 saturated heterocycles. The minimum atomic E-state index is 0.682. The molecular weight excluding hydrogens is 294 g/mol. The number of hydrogen-bond donors (Lipinski definition) is 0. The van der Waals surface area contributed by atoms with Crippen molar-refractivity contribution in [2.24, 2.45) is 0 Å². The van der Waals surface area contributed by atoms with Gasteiger partial charge in [-0.3, -0.25) is 0 Å². The Morgan fingerprint density at radius 3 is 3.17 bits per heavy atom. The van der Waals surface area contributed by atoms with Crippen LogP contribution in [0.3, 0.4) is 0 Å². The summed E-state index contributed by atoms with van der Waals surface area (Å²) in [6.07, 6.45) is 5.28. The molecule has 0 amide bonds. The van der Waals surface area contributed by atoms with Crippen molar-refractivity contribution >= 4 is 15.9 Å². The zero-order valence-electron chi connectivity index (χ0n) is 9.29.